The molecule has 4 heterocycles. The average molecular weight is 425 g/mol. The molecular formula is C15H22Cl2N4O2S2. The van der Waals surface area contributed by atoms with Crippen molar-refractivity contribution >= 4 is 60.3 Å². The van der Waals surface area contributed by atoms with E-state index < -0.39 is 9.74 Å². The van der Waals surface area contributed by atoms with Crippen LogP contribution in [0.15, 0.2) is 0 Å². The second-order valence-corrected chi connectivity index (χ2v) is 9.98. The van der Waals surface area contributed by atoms with Crippen LogP contribution in [-0.4, -0.2) is 79.4 Å². The van der Waals surface area contributed by atoms with Crippen molar-refractivity contribution < 1.29 is 9.59 Å². The number of piperazine rings is 1. The first kappa shape index (κ1) is 18.5. The van der Waals surface area contributed by atoms with E-state index in [2.05, 4.69) is 17.9 Å². The summed E-state index contributed by atoms with van der Waals surface area (Å²) < 4.78 is 0. The molecule has 0 aromatic carbocycles. The first-order valence-corrected chi connectivity index (χ1v) is 10.3. The van der Waals surface area contributed by atoms with E-state index in [1.54, 1.807) is 7.05 Å². The molecule has 25 heavy (non-hydrogen) atoms. The number of alkyl halides is 2. The fourth-order valence-corrected chi connectivity index (χ4v) is 6.08. The number of carbonyl (C=O) groups is 2. The first-order valence-electron chi connectivity index (χ1n) is 8.58. The lowest BCUT2D eigenvalue weighted by Gasteiger charge is -2.69. The van der Waals surface area contributed by atoms with Crippen LogP contribution in [0.3, 0.4) is 0 Å². The molecule has 6 unspecified atom stereocenters. The fourth-order valence-electron chi connectivity index (χ4n) is 4.57. The van der Waals surface area contributed by atoms with Gasteiger partial charge in [-0.05, 0) is 25.7 Å². The van der Waals surface area contributed by atoms with Crippen molar-refractivity contribution in [1.82, 2.24) is 20.2 Å². The highest BCUT2D eigenvalue weighted by atomic mass is 35.5. The molecule has 4 fully saturated rings. The van der Waals surface area contributed by atoms with Crippen LogP contribution in [0.5, 0.6) is 0 Å². The number of likely N-dealkylation sites (N-methyl/N-ethyl adjacent to an activating group) is 1. The molecule has 4 aliphatic heterocycles. The van der Waals surface area contributed by atoms with Crippen LogP contribution in [-0.2, 0) is 9.59 Å². The summed E-state index contributed by atoms with van der Waals surface area (Å²) in [5.74, 6) is -0.407. The molecule has 0 bridgehead atoms. The van der Waals surface area contributed by atoms with E-state index in [4.69, 9.17) is 35.8 Å². The molecule has 2 amide bonds. The van der Waals surface area contributed by atoms with E-state index in [1.807, 2.05) is 5.01 Å². The number of rotatable bonds is 1. The molecule has 10 heteroatoms. The largest absolute Gasteiger partial charge is 0.319 e. The normalized spacial score (nSPS) is 48.0. The van der Waals surface area contributed by atoms with E-state index in [0.717, 1.165) is 19.3 Å². The van der Waals surface area contributed by atoms with Crippen LogP contribution >= 0.6 is 48.5 Å². The third-order valence-electron chi connectivity index (χ3n) is 6.02. The Kier molecular flexibility index (Phi) is 4.49. The van der Waals surface area contributed by atoms with E-state index >= 15 is 0 Å². The summed E-state index contributed by atoms with van der Waals surface area (Å²) in [6, 6.07) is -0.366. The molecule has 0 radical (unpaired) electrons. The molecule has 0 saturated carbocycles. The number of piperidine rings is 2. The summed E-state index contributed by atoms with van der Waals surface area (Å²) in [4.78, 5) is 25.8. The highest BCUT2D eigenvalue weighted by Gasteiger charge is 2.73. The summed E-state index contributed by atoms with van der Waals surface area (Å²) in [7, 11) is 1.65. The Hall–Kier alpha value is 0.140. The van der Waals surface area contributed by atoms with Gasteiger partial charge in [0.1, 0.15) is 0 Å². The van der Waals surface area contributed by atoms with Gasteiger partial charge in [0.15, 0.2) is 9.74 Å². The third kappa shape index (κ3) is 2.34. The van der Waals surface area contributed by atoms with Gasteiger partial charge in [-0.2, -0.15) is 0 Å². The topological polar surface area (TPSA) is 55.9 Å². The smallest absolute Gasteiger partial charge is 0.276 e. The third-order valence-corrected chi connectivity index (χ3v) is 8.23. The highest BCUT2D eigenvalue weighted by molar-refractivity contribution is 7.83. The quantitative estimate of drug-likeness (QED) is 0.432. The maximum Gasteiger partial charge on any atom is 0.276 e. The number of hydrazine groups is 1. The Morgan fingerprint density at radius 3 is 2.36 bits per heavy atom. The van der Waals surface area contributed by atoms with Crippen molar-refractivity contribution in [2.24, 2.45) is 0 Å². The van der Waals surface area contributed by atoms with Gasteiger partial charge in [-0.25, -0.2) is 10.0 Å². The standard InChI is InChI=1S/C15H22Cl2N4O2S2/c1-19-12(22)15(25)11-5-3-9(17)7-20(11)21(15)13(23)14(19,24)10-4-2-8(16)6-18-10/h8-11,18,24-25H,2-7H2,1H3. The number of hydrogen-bond donors (Lipinski definition) is 3. The summed E-state index contributed by atoms with van der Waals surface area (Å²) in [5, 5.41) is 6.70. The molecule has 1 N–H and O–H groups in total. The van der Waals surface area contributed by atoms with Crippen molar-refractivity contribution in [3.05, 3.63) is 0 Å². The van der Waals surface area contributed by atoms with Gasteiger partial charge in [0.05, 0.1) is 6.04 Å². The number of halogens is 2. The highest BCUT2D eigenvalue weighted by Crippen LogP contribution is 2.53. The molecule has 0 aromatic heterocycles. The lowest BCUT2D eigenvalue weighted by Crippen LogP contribution is -2.91. The number of hydrogen-bond acceptors (Lipinski definition) is 6. The fraction of sp³-hybridized carbons (Fsp3) is 0.867. The van der Waals surface area contributed by atoms with Crippen LogP contribution in [0.4, 0.5) is 0 Å². The predicted octanol–water partition coefficient (Wildman–Crippen LogP) is 0.899. The Labute approximate surface area is 168 Å². The molecule has 6 atom stereocenters. The van der Waals surface area contributed by atoms with Crippen LogP contribution in [0.25, 0.3) is 0 Å². The van der Waals surface area contributed by atoms with Gasteiger partial charge >= 0.3 is 0 Å². The molecule has 140 valence electrons. The van der Waals surface area contributed by atoms with Gasteiger partial charge in [-0.1, -0.05) is 0 Å². The van der Waals surface area contributed by atoms with Crippen molar-refractivity contribution in [2.75, 3.05) is 20.1 Å². The molecule has 4 aliphatic rings. The van der Waals surface area contributed by atoms with Crippen LogP contribution in [0, 0.1) is 0 Å². The zero-order valence-electron chi connectivity index (χ0n) is 13.9. The average Bonchev–Trinajstić information content (AvgIpc) is 2.58. The molecule has 0 aromatic rings. The minimum absolute atomic E-state index is 0.0316. The van der Waals surface area contributed by atoms with Gasteiger partial charge in [-0.3, -0.25) is 9.59 Å². The number of carbonyl (C=O) groups excluding carboxylic acids is 2. The van der Waals surface area contributed by atoms with E-state index in [1.165, 1.54) is 9.91 Å². The first-order chi connectivity index (χ1) is 11.7. The monoisotopic (exact) mass is 424 g/mol. The van der Waals surface area contributed by atoms with Gasteiger partial charge in [-0.15, -0.1) is 48.5 Å². The summed E-state index contributed by atoms with van der Waals surface area (Å²) in [5.41, 5.74) is 0. The molecule has 4 saturated heterocycles. The minimum Gasteiger partial charge on any atom is -0.319 e. The molecule has 0 aliphatic carbocycles. The zero-order valence-corrected chi connectivity index (χ0v) is 17.2. The zero-order chi connectivity index (χ0) is 18.1. The minimum atomic E-state index is -1.26. The van der Waals surface area contributed by atoms with Crippen LogP contribution < -0.4 is 5.32 Å². The summed E-state index contributed by atoms with van der Waals surface area (Å²) in [6.45, 7) is 1.13. The lowest BCUT2D eigenvalue weighted by molar-refractivity contribution is -0.252. The number of thiol groups is 2. The van der Waals surface area contributed by atoms with E-state index in [0.29, 0.717) is 19.5 Å². The van der Waals surface area contributed by atoms with Crippen LogP contribution in [0.1, 0.15) is 25.7 Å². The van der Waals surface area contributed by atoms with E-state index in [9.17, 15) is 9.59 Å². The van der Waals surface area contributed by atoms with Gasteiger partial charge < -0.3 is 10.2 Å². The van der Waals surface area contributed by atoms with Gasteiger partial charge in [0, 0.05) is 36.9 Å². The van der Waals surface area contributed by atoms with Gasteiger partial charge in [0.25, 0.3) is 11.8 Å². The summed E-state index contributed by atoms with van der Waals surface area (Å²) in [6.07, 6.45) is 3.02. The van der Waals surface area contributed by atoms with Crippen molar-refractivity contribution in [2.45, 2.75) is 58.3 Å². The number of nitrogens with one attached hydrogen (secondary N) is 1. The summed E-state index contributed by atoms with van der Waals surface area (Å²) >= 11 is 21.9. The number of nitrogens with zero attached hydrogens (tertiary/aromatic N) is 3. The Morgan fingerprint density at radius 2 is 1.72 bits per heavy atom. The molecular weight excluding hydrogens is 403 g/mol. The molecule has 4 rings (SSSR count). The number of amides is 2. The molecule has 6 nitrogen and oxygen atoms in total. The SMILES string of the molecule is CN1C(=O)C2(S)C3CCC(Cl)CN3N2C(=O)C1(S)C1CCC(Cl)CN1. The van der Waals surface area contributed by atoms with Crippen molar-refractivity contribution in [3.8, 4) is 0 Å². The second-order valence-electron chi connectivity index (χ2n) is 7.38. The molecule has 0 spiro atoms. The van der Waals surface area contributed by atoms with Crippen molar-refractivity contribution in [1.29, 1.82) is 0 Å². The second kappa shape index (κ2) is 6.07. The van der Waals surface area contributed by atoms with Crippen LogP contribution in [0.2, 0.25) is 0 Å². The van der Waals surface area contributed by atoms with Crippen molar-refractivity contribution in [3.63, 3.8) is 0 Å². The Morgan fingerprint density at radius 1 is 1.04 bits per heavy atom. The Bertz CT molecular complexity index is 620. The maximum atomic E-state index is 13.5. The predicted molar refractivity (Wildman–Crippen MR) is 103 cm³/mol. The lowest BCUT2D eigenvalue weighted by atomic mass is 9.84. The Balaban J connectivity index is 1.68. The maximum absolute atomic E-state index is 13.5. The van der Waals surface area contributed by atoms with E-state index in [-0.39, 0.29) is 34.7 Å². The van der Waals surface area contributed by atoms with Gasteiger partial charge in [0.2, 0.25) is 0 Å². The number of fused-ring (bicyclic) bond motifs is 4.